The molecule has 0 radical (unpaired) electrons. The van der Waals surface area contributed by atoms with Crippen molar-refractivity contribution >= 4 is 16.8 Å². The van der Waals surface area contributed by atoms with E-state index in [1.807, 2.05) is 23.7 Å². The number of amides is 1. The highest BCUT2D eigenvalue weighted by atomic mass is 16.2. The Balaban J connectivity index is 1.58. The fourth-order valence-corrected chi connectivity index (χ4v) is 3.28. The Labute approximate surface area is 144 Å². The van der Waals surface area contributed by atoms with Crippen molar-refractivity contribution in [2.24, 2.45) is 0 Å². The van der Waals surface area contributed by atoms with Crippen LogP contribution in [0.1, 0.15) is 17.8 Å². The summed E-state index contributed by atoms with van der Waals surface area (Å²) < 4.78 is 3.35. The van der Waals surface area contributed by atoms with Gasteiger partial charge in [-0.25, -0.2) is 4.98 Å². The largest absolute Gasteiger partial charge is 0.335 e. The van der Waals surface area contributed by atoms with Gasteiger partial charge in [-0.2, -0.15) is 5.10 Å². The fraction of sp³-hybridized carbons (Fsp3) is 0.333. The van der Waals surface area contributed by atoms with Gasteiger partial charge >= 0.3 is 0 Å². The highest BCUT2D eigenvalue weighted by Crippen LogP contribution is 2.14. The number of para-hydroxylation sites is 1. The number of carbonyl (C=O) groups is 1. The number of carbonyl (C=O) groups excluding carboxylic acids is 1. The molecule has 0 bridgehead atoms. The van der Waals surface area contributed by atoms with E-state index < -0.39 is 0 Å². The zero-order chi connectivity index (χ0) is 17.4. The third-order valence-electron chi connectivity index (χ3n) is 4.53. The quantitative estimate of drug-likeness (QED) is 0.707. The van der Waals surface area contributed by atoms with Gasteiger partial charge < -0.3 is 4.90 Å². The summed E-state index contributed by atoms with van der Waals surface area (Å²) in [6, 6.07) is 9.18. The van der Waals surface area contributed by atoms with Crippen LogP contribution in [0.3, 0.4) is 0 Å². The second kappa shape index (κ2) is 6.16. The zero-order valence-corrected chi connectivity index (χ0v) is 14.1. The standard InChI is InChI=1S/C18H19N5O2/c1-13-9-14-10-21(7-4-8-23(14)20-13)17(24)11-22-12-19-16-6-3-2-5-15(16)18(22)25/h2-3,5-6,9,12H,4,7-8,10-11H2,1H3. The zero-order valence-electron chi connectivity index (χ0n) is 14.1. The van der Waals surface area contributed by atoms with Crippen molar-refractivity contribution in [1.82, 2.24) is 24.2 Å². The monoisotopic (exact) mass is 337 g/mol. The Kier molecular flexibility index (Phi) is 3.83. The first-order chi connectivity index (χ1) is 12.1. The van der Waals surface area contributed by atoms with Crippen LogP contribution < -0.4 is 5.56 Å². The first-order valence-corrected chi connectivity index (χ1v) is 8.37. The van der Waals surface area contributed by atoms with Crippen LogP contribution in [-0.2, 0) is 24.4 Å². The van der Waals surface area contributed by atoms with E-state index in [2.05, 4.69) is 10.1 Å². The molecule has 0 unspecified atom stereocenters. The molecule has 3 heterocycles. The van der Waals surface area contributed by atoms with Gasteiger partial charge in [0.05, 0.1) is 35.2 Å². The fourth-order valence-electron chi connectivity index (χ4n) is 3.28. The molecule has 0 saturated carbocycles. The van der Waals surface area contributed by atoms with Gasteiger partial charge in [-0.05, 0) is 31.5 Å². The first kappa shape index (κ1) is 15.6. The molecular weight excluding hydrogens is 318 g/mol. The second-order valence-corrected chi connectivity index (χ2v) is 6.36. The van der Waals surface area contributed by atoms with Crippen molar-refractivity contribution in [1.29, 1.82) is 0 Å². The summed E-state index contributed by atoms with van der Waals surface area (Å²) >= 11 is 0. The molecule has 3 aromatic rings. The number of hydrogen-bond acceptors (Lipinski definition) is 4. The minimum Gasteiger partial charge on any atom is -0.335 e. The van der Waals surface area contributed by atoms with Crippen molar-refractivity contribution < 1.29 is 4.79 Å². The second-order valence-electron chi connectivity index (χ2n) is 6.36. The molecule has 128 valence electrons. The lowest BCUT2D eigenvalue weighted by atomic mass is 10.2. The Morgan fingerprint density at radius 1 is 1.24 bits per heavy atom. The molecule has 7 nitrogen and oxygen atoms in total. The van der Waals surface area contributed by atoms with Crippen molar-refractivity contribution in [2.75, 3.05) is 6.54 Å². The predicted octanol–water partition coefficient (Wildman–Crippen LogP) is 1.33. The van der Waals surface area contributed by atoms with Crippen LogP contribution in [-0.4, -0.2) is 36.7 Å². The highest BCUT2D eigenvalue weighted by molar-refractivity contribution is 5.79. The van der Waals surface area contributed by atoms with Gasteiger partial charge in [-0.3, -0.25) is 18.8 Å². The van der Waals surface area contributed by atoms with E-state index in [1.165, 1.54) is 10.9 Å². The maximum absolute atomic E-state index is 12.7. The Hall–Kier alpha value is -2.96. The summed E-state index contributed by atoms with van der Waals surface area (Å²) in [6.45, 7) is 3.95. The predicted molar refractivity (Wildman–Crippen MR) is 93.0 cm³/mol. The molecule has 25 heavy (non-hydrogen) atoms. The molecule has 0 spiro atoms. The van der Waals surface area contributed by atoms with E-state index in [-0.39, 0.29) is 18.0 Å². The van der Waals surface area contributed by atoms with Crippen LogP contribution in [0.5, 0.6) is 0 Å². The lowest BCUT2D eigenvalue weighted by molar-refractivity contribution is -0.132. The van der Waals surface area contributed by atoms with Gasteiger partial charge in [0.15, 0.2) is 0 Å². The van der Waals surface area contributed by atoms with E-state index >= 15 is 0 Å². The van der Waals surface area contributed by atoms with Crippen LogP contribution in [0.25, 0.3) is 10.9 Å². The molecule has 1 aromatic carbocycles. The topological polar surface area (TPSA) is 73.0 Å². The summed E-state index contributed by atoms with van der Waals surface area (Å²) in [5, 5.41) is 4.98. The normalized spacial score (nSPS) is 14.4. The van der Waals surface area contributed by atoms with Gasteiger partial charge in [0.1, 0.15) is 6.54 Å². The van der Waals surface area contributed by atoms with Gasteiger partial charge in [0.25, 0.3) is 5.56 Å². The molecule has 0 atom stereocenters. The molecule has 0 fully saturated rings. The molecule has 0 aliphatic carbocycles. The molecule has 4 rings (SSSR count). The minimum atomic E-state index is -0.186. The van der Waals surface area contributed by atoms with E-state index in [0.29, 0.717) is 24.0 Å². The third kappa shape index (κ3) is 2.93. The molecule has 1 aliphatic rings. The molecular formula is C18H19N5O2. The Morgan fingerprint density at radius 2 is 2.08 bits per heavy atom. The van der Waals surface area contributed by atoms with Gasteiger partial charge in [-0.1, -0.05) is 12.1 Å². The first-order valence-electron chi connectivity index (χ1n) is 8.37. The van der Waals surface area contributed by atoms with E-state index in [9.17, 15) is 9.59 Å². The SMILES string of the molecule is Cc1cc2n(n1)CCCN(C(=O)Cn1cnc3ccccc3c1=O)C2. The summed E-state index contributed by atoms with van der Waals surface area (Å²) in [7, 11) is 0. The van der Waals surface area contributed by atoms with Crippen LogP contribution >= 0.6 is 0 Å². The van der Waals surface area contributed by atoms with Crippen LogP contribution in [0, 0.1) is 6.92 Å². The van der Waals surface area contributed by atoms with Crippen molar-refractivity contribution in [3.63, 3.8) is 0 Å². The average molecular weight is 337 g/mol. The lowest BCUT2D eigenvalue weighted by Gasteiger charge is -2.20. The lowest BCUT2D eigenvalue weighted by Crippen LogP contribution is -2.36. The molecule has 0 saturated heterocycles. The number of aromatic nitrogens is 4. The minimum absolute atomic E-state index is 0.00376. The van der Waals surface area contributed by atoms with Crippen molar-refractivity contribution in [3.8, 4) is 0 Å². The van der Waals surface area contributed by atoms with E-state index in [4.69, 9.17) is 0 Å². The van der Waals surface area contributed by atoms with Crippen LogP contribution in [0.15, 0.2) is 41.5 Å². The molecule has 2 aromatic heterocycles. The van der Waals surface area contributed by atoms with Crippen LogP contribution in [0.4, 0.5) is 0 Å². The molecule has 1 aliphatic heterocycles. The van der Waals surface area contributed by atoms with E-state index in [1.54, 1.807) is 23.1 Å². The molecule has 1 amide bonds. The highest BCUT2D eigenvalue weighted by Gasteiger charge is 2.20. The number of aryl methyl sites for hydroxylation is 2. The van der Waals surface area contributed by atoms with Gasteiger partial charge in [0, 0.05) is 13.1 Å². The number of fused-ring (bicyclic) bond motifs is 2. The smallest absolute Gasteiger partial charge is 0.261 e. The number of nitrogens with zero attached hydrogens (tertiary/aromatic N) is 5. The maximum Gasteiger partial charge on any atom is 0.261 e. The molecule has 7 heteroatoms. The van der Waals surface area contributed by atoms with E-state index in [0.717, 1.165) is 24.4 Å². The number of rotatable bonds is 2. The summed E-state index contributed by atoms with van der Waals surface area (Å²) in [4.78, 5) is 31.4. The van der Waals surface area contributed by atoms with Gasteiger partial charge in [0.2, 0.25) is 5.91 Å². The third-order valence-corrected chi connectivity index (χ3v) is 4.53. The van der Waals surface area contributed by atoms with Crippen molar-refractivity contribution in [3.05, 3.63) is 58.4 Å². The Morgan fingerprint density at radius 3 is 2.96 bits per heavy atom. The van der Waals surface area contributed by atoms with Gasteiger partial charge in [-0.15, -0.1) is 0 Å². The number of hydrogen-bond donors (Lipinski definition) is 0. The summed E-state index contributed by atoms with van der Waals surface area (Å²) in [5.41, 5.74) is 2.45. The Bertz CT molecular complexity index is 1000. The summed E-state index contributed by atoms with van der Waals surface area (Å²) in [6.07, 6.45) is 2.31. The van der Waals surface area contributed by atoms with Crippen molar-refractivity contribution in [2.45, 2.75) is 33.0 Å². The van der Waals surface area contributed by atoms with Crippen LogP contribution in [0.2, 0.25) is 0 Å². The maximum atomic E-state index is 12.7. The summed E-state index contributed by atoms with van der Waals surface area (Å²) in [5.74, 6) is -0.0773. The molecule has 0 N–H and O–H groups in total. The average Bonchev–Trinajstić information content (AvgIpc) is 2.84. The number of benzene rings is 1.